The lowest BCUT2D eigenvalue weighted by molar-refractivity contribution is -0.111. The topological polar surface area (TPSA) is 75.6 Å². The second-order valence-corrected chi connectivity index (χ2v) is 5.36. The number of rotatable bonds is 5. The molecule has 2 heterocycles. The molecule has 0 saturated heterocycles. The maximum atomic E-state index is 11.9. The van der Waals surface area contributed by atoms with Crippen molar-refractivity contribution >= 4 is 29.3 Å². The highest BCUT2D eigenvalue weighted by Crippen LogP contribution is 2.31. The molecule has 24 heavy (non-hydrogen) atoms. The van der Waals surface area contributed by atoms with E-state index < -0.39 is 0 Å². The molecule has 0 unspecified atom stereocenters. The molecule has 0 atom stereocenters. The summed E-state index contributed by atoms with van der Waals surface area (Å²) in [6.45, 7) is -0.173. The first-order chi connectivity index (χ1) is 11.7. The fourth-order valence-electron chi connectivity index (χ4n) is 2.13. The van der Waals surface area contributed by atoms with Gasteiger partial charge in [0.2, 0.25) is 5.91 Å². The molecule has 2 N–H and O–H groups in total. The zero-order valence-corrected chi connectivity index (χ0v) is 13.3. The predicted molar refractivity (Wildman–Crippen MR) is 91.4 cm³/mol. The van der Waals surface area contributed by atoms with Crippen LogP contribution in [-0.4, -0.2) is 11.0 Å². The fraction of sp³-hybridized carbons (Fsp3) is 0.0556. The highest BCUT2D eigenvalue weighted by atomic mass is 35.5. The van der Waals surface area contributed by atoms with Gasteiger partial charge in [0, 0.05) is 17.3 Å². The summed E-state index contributed by atoms with van der Waals surface area (Å²) in [5.74, 6) is 1.31. The Hall–Kier alpha value is -2.76. The summed E-state index contributed by atoms with van der Waals surface area (Å²) in [5, 5.41) is 12.2. The van der Waals surface area contributed by atoms with Crippen LogP contribution in [0.5, 0.6) is 0 Å². The Bertz CT molecular complexity index is 865. The SMILES string of the molecule is O=C(/C=C/c1ccco1)Nc1ccc(-c2ccc(CO)o2)c(Cl)c1. The Kier molecular flexibility index (Phi) is 4.84. The number of halogens is 1. The number of nitrogens with one attached hydrogen (secondary N) is 1. The smallest absolute Gasteiger partial charge is 0.248 e. The molecule has 2 aromatic heterocycles. The highest BCUT2D eigenvalue weighted by Gasteiger charge is 2.10. The van der Waals surface area contributed by atoms with Gasteiger partial charge in [-0.25, -0.2) is 0 Å². The maximum absolute atomic E-state index is 11.9. The third-order valence-corrected chi connectivity index (χ3v) is 3.57. The number of anilines is 1. The van der Waals surface area contributed by atoms with Gasteiger partial charge in [-0.15, -0.1) is 0 Å². The lowest BCUT2D eigenvalue weighted by Gasteiger charge is -2.06. The number of hydrogen-bond donors (Lipinski definition) is 2. The number of aliphatic hydroxyl groups is 1. The molecule has 0 aliphatic heterocycles. The molecule has 0 aliphatic carbocycles. The zero-order valence-electron chi connectivity index (χ0n) is 12.5. The molecule has 3 rings (SSSR count). The van der Waals surface area contributed by atoms with Crippen molar-refractivity contribution < 1.29 is 18.7 Å². The molecule has 0 radical (unpaired) electrons. The van der Waals surface area contributed by atoms with Crippen molar-refractivity contribution in [2.24, 2.45) is 0 Å². The largest absolute Gasteiger partial charge is 0.465 e. The molecule has 0 bridgehead atoms. The number of aliphatic hydroxyl groups excluding tert-OH is 1. The minimum atomic E-state index is -0.296. The van der Waals surface area contributed by atoms with Crippen molar-refractivity contribution in [3.8, 4) is 11.3 Å². The van der Waals surface area contributed by atoms with Gasteiger partial charge in [-0.2, -0.15) is 0 Å². The highest BCUT2D eigenvalue weighted by molar-refractivity contribution is 6.33. The van der Waals surface area contributed by atoms with Gasteiger partial charge in [0.05, 0.1) is 11.3 Å². The first kappa shape index (κ1) is 16.1. The lowest BCUT2D eigenvalue weighted by atomic mass is 10.1. The van der Waals surface area contributed by atoms with Crippen molar-refractivity contribution in [3.05, 3.63) is 71.3 Å². The second-order valence-electron chi connectivity index (χ2n) is 4.96. The van der Waals surface area contributed by atoms with Crippen molar-refractivity contribution in [2.45, 2.75) is 6.61 Å². The average Bonchev–Trinajstić information content (AvgIpc) is 3.24. The van der Waals surface area contributed by atoms with Gasteiger partial charge in [-0.3, -0.25) is 4.79 Å². The molecule has 1 amide bonds. The Balaban J connectivity index is 1.71. The minimum absolute atomic E-state index is 0.173. The van der Waals surface area contributed by atoms with Crippen LogP contribution in [-0.2, 0) is 11.4 Å². The van der Waals surface area contributed by atoms with Crippen molar-refractivity contribution in [1.82, 2.24) is 0 Å². The van der Waals surface area contributed by atoms with Crippen molar-refractivity contribution in [3.63, 3.8) is 0 Å². The molecule has 1 aromatic carbocycles. The second kappa shape index (κ2) is 7.21. The van der Waals surface area contributed by atoms with Crippen LogP contribution >= 0.6 is 11.6 Å². The normalized spacial score (nSPS) is 11.1. The molecular weight excluding hydrogens is 330 g/mol. The van der Waals surface area contributed by atoms with Gasteiger partial charge in [0.25, 0.3) is 0 Å². The van der Waals surface area contributed by atoms with Crippen LogP contribution in [0.15, 0.2) is 63.6 Å². The van der Waals surface area contributed by atoms with Crippen molar-refractivity contribution in [2.75, 3.05) is 5.32 Å². The van der Waals surface area contributed by atoms with E-state index in [1.54, 1.807) is 48.5 Å². The number of carbonyl (C=O) groups is 1. The summed E-state index contributed by atoms with van der Waals surface area (Å²) in [7, 11) is 0. The summed E-state index contributed by atoms with van der Waals surface area (Å²) < 4.78 is 10.6. The minimum Gasteiger partial charge on any atom is -0.465 e. The summed E-state index contributed by atoms with van der Waals surface area (Å²) in [6, 6.07) is 12.0. The van der Waals surface area contributed by atoms with Crippen LogP contribution in [0.1, 0.15) is 11.5 Å². The van der Waals surface area contributed by atoms with Crippen LogP contribution in [0.4, 0.5) is 5.69 Å². The molecule has 6 heteroatoms. The molecule has 0 saturated carbocycles. The molecular formula is C18H14ClNO4. The van der Waals surface area contributed by atoms with Crippen LogP contribution in [0.25, 0.3) is 17.4 Å². The van der Waals surface area contributed by atoms with E-state index >= 15 is 0 Å². The maximum Gasteiger partial charge on any atom is 0.248 e. The number of benzene rings is 1. The Morgan fingerprint density at radius 1 is 1.25 bits per heavy atom. The Labute approximate surface area is 143 Å². The van der Waals surface area contributed by atoms with E-state index in [1.165, 1.54) is 12.3 Å². The fourth-order valence-corrected chi connectivity index (χ4v) is 2.40. The molecule has 0 fully saturated rings. The number of carbonyl (C=O) groups excluding carboxylic acids is 1. The predicted octanol–water partition coefficient (Wildman–Crippen LogP) is 4.34. The first-order valence-electron chi connectivity index (χ1n) is 7.18. The summed E-state index contributed by atoms with van der Waals surface area (Å²) in [5.41, 5.74) is 1.24. The van der Waals surface area contributed by atoms with E-state index in [4.69, 9.17) is 25.5 Å². The number of furan rings is 2. The number of hydrogen-bond acceptors (Lipinski definition) is 4. The van der Waals surface area contributed by atoms with E-state index in [-0.39, 0.29) is 12.5 Å². The van der Waals surface area contributed by atoms with E-state index in [9.17, 15) is 4.79 Å². The zero-order chi connectivity index (χ0) is 16.9. The third-order valence-electron chi connectivity index (χ3n) is 3.26. The van der Waals surface area contributed by atoms with Gasteiger partial charge in [-0.1, -0.05) is 11.6 Å². The quantitative estimate of drug-likeness (QED) is 0.676. The van der Waals surface area contributed by atoms with Crippen LogP contribution in [0.2, 0.25) is 5.02 Å². The van der Waals surface area contributed by atoms with Gasteiger partial charge < -0.3 is 19.3 Å². The van der Waals surface area contributed by atoms with Gasteiger partial charge in [-0.05, 0) is 48.5 Å². The Morgan fingerprint density at radius 2 is 2.12 bits per heavy atom. The first-order valence-corrected chi connectivity index (χ1v) is 7.55. The van der Waals surface area contributed by atoms with Gasteiger partial charge >= 0.3 is 0 Å². The molecule has 5 nitrogen and oxygen atoms in total. The van der Waals surface area contributed by atoms with Crippen LogP contribution in [0.3, 0.4) is 0 Å². The average molecular weight is 344 g/mol. The van der Waals surface area contributed by atoms with Crippen LogP contribution < -0.4 is 5.32 Å². The van der Waals surface area contributed by atoms with E-state index in [2.05, 4.69) is 5.32 Å². The molecule has 0 spiro atoms. The Morgan fingerprint density at radius 3 is 2.79 bits per heavy atom. The summed E-state index contributed by atoms with van der Waals surface area (Å²) in [6.07, 6.45) is 4.48. The summed E-state index contributed by atoms with van der Waals surface area (Å²) in [4.78, 5) is 11.9. The number of amides is 1. The third kappa shape index (κ3) is 3.76. The van der Waals surface area contributed by atoms with E-state index in [1.807, 2.05) is 0 Å². The van der Waals surface area contributed by atoms with E-state index in [0.717, 1.165) is 0 Å². The lowest BCUT2D eigenvalue weighted by Crippen LogP contribution is -2.07. The van der Waals surface area contributed by atoms with Crippen molar-refractivity contribution in [1.29, 1.82) is 0 Å². The van der Waals surface area contributed by atoms with Gasteiger partial charge in [0.1, 0.15) is 23.9 Å². The molecule has 0 aliphatic rings. The molecule has 122 valence electrons. The standard InChI is InChI=1S/C18H14ClNO4/c19-16-10-12(20-18(22)8-5-13-2-1-9-23-13)3-6-15(16)17-7-4-14(11-21)24-17/h1-10,21H,11H2,(H,20,22)/b8-5+. The monoisotopic (exact) mass is 343 g/mol. The summed E-state index contributed by atoms with van der Waals surface area (Å²) >= 11 is 6.25. The van der Waals surface area contributed by atoms with Gasteiger partial charge in [0.15, 0.2) is 0 Å². The van der Waals surface area contributed by atoms with E-state index in [0.29, 0.717) is 33.6 Å². The van der Waals surface area contributed by atoms with Crippen LogP contribution in [0, 0.1) is 0 Å². The molecule has 3 aromatic rings.